The van der Waals surface area contributed by atoms with Gasteiger partial charge < -0.3 is 0 Å². The van der Waals surface area contributed by atoms with Crippen molar-refractivity contribution < 1.29 is 4.79 Å². The minimum atomic E-state index is 0.281. The van der Waals surface area contributed by atoms with Crippen molar-refractivity contribution in [2.45, 2.75) is 53.9 Å². The molecule has 1 heterocycles. The molecule has 0 bridgehead atoms. The molecule has 19 heavy (non-hydrogen) atoms. The van der Waals surface area contributed by atoms with Crippen LogP contribution in [-0.4, -0.2) is 15.6 Å². The highest BCUT2D eigenvalue weighted by Crippen LogP contribution is 2.27. The number of aryl methyl sites for hydroxylation is 2. The topological polar surface area (TPSA) is 34.9 Å². The van der Waals surface area contributed by atoms with Crippen molar-refractivity contribution >= 4 is 21.7 Å². The van der Waals surface area contributed by atoms with Crippen LogP contribution in [0.5, 0.6) is 0 Å². The second-order valence-corrected chi connectivity index (χ2v) is 7.55. The van der Waals surface area contributed by atoms with Crippen molar-refractivity contribution in [1.82, 2.24) is 9.78 Å². The molecule has 1 atom stereocenters. The van der Waals surface area contributed by atoms with E-state index in [1.807, 2.05) is 14.0 Å². The third-order valence-electron chi connectivity index (χ3n) is 3.16. The molecule has 0 saturated carbocycles. The van der Waals surface area contributed by atoms with E-state index in [9.17, 15) is 4.79 Å². The predicted octanol–water partition coefficient (Wildman–Crippen LogP) is 4.07. The summed E-state index contributed by atoms with van der Waals surface area (Å²) >= 11 is 3.51. The molecule has 0 fully saturated rings. The van der Waals surface area contributed by atoms with Gasteiger partial charge in [0.2, 0.25) is 0 Å². The van der Waals surface area contributed by atoms with Crippen LogP contribution in [0.1, 0.15) is 51.9 Å². The van der Waals surface area contributed by atoms with Gasteiger partial charge in [0.05, 0.1) is 15.9 Å². The fourth-order valence-corrected chi connectivity index (χ4v) is 3.11. The number of carbonyl (C=O) groups is 1. The van der Waals surface area contributed by atoms with E-state index in [0.29, 0.717) is 24.5 Å². The van der Waals surface area contributed by atoms with E-state index < -0.39 is 0 Å². The fourth-order valence-electron chi connectivity index (χ4n) is 2.64. The minimum absolute atomic E-state index is 0.281. The first-order chi connectivity index (χ1) is 8.60. The summed E-state index contributed by atoms with van der Waals surface area (Å²) in [7, 11) is 1.89. The van der Waals surface area contributed by atoms with Gasteiger partial charge in [0.15, 0.2) is 0 Å². The summed E-state index contributed by atoms with van der Waals surface area (Å²) < 4.78 is 2.76. The summed E-state index contributed by atoms with van der Waals surface area (Å²) in [5, 5.41) is 4.32. The Balaban J connectivity index is 2.61. The molecule has 0 saturated heterocycles. The van der Waals surface area contributed by atoms with E-state index in [2.05, 4.69) is 48.7 Å². The molecule has 108 valence electrons. The molecule has 1 rings (SSSR count). The molecule has 0 aliphatic rings. The van der Waals surface area contributed by atoms with E-state index >= 15 is 0 Å². The lowest BCUT2D eigenvalue weighted by molar-refractivity contribution is -0.119. The summed E-state index contributed by atoms with van der Waals surface area (Å²) in [4.78, 5) is 12.2. The zero-order valence-electron chi connectivity index (χ0n) is 12.9. The van der Waals surface area contributed by atoms with E-state index in [0.717, 1.165) is 22.3 Å². The number of halogens is 1. The number of Topliss-reactive ketones (excluding diaryl/α,β-unsaturated/α-hetero) is 1. The Hall–Kier alpha value is -0.640. The maximum atomic E-state index is 12.2. The van der Waals surface area contributed by atoms with Crippen LogP contribution in [0, 0.1) is 18.3 Å². The maximum Gasteiger partial charge on any atom is 0.139 e. The molecule has 0 radical (unpaired) electrons. The normalized spacial score (nSPS) is 13.6. The lowest BCUT2D eigenvalue weighted by Crippen LogP contribution is -2.16. The minimum Gasteiger partial charge on any atom is -0.299 e. The van der Waals surface area contributed by atoms with Gasteiger partial charge in [0.1, 0.15) is 5.78 Å². The Morgan fingerprint density at radius 2 is 2.00 bits per heavy atom. The van der Waals surface area contributed by atoms with E-state index in [4.69, 9.17) is 0 Å². The number of ketones is 1. The van der Waals surface area contributed by atoms with Gasteiger partial charge in [-0.3, -0.25) is 9.48 Å². The maximum absolute atomic E-state index is 12.2. The Kier molecular flexibility index (Phi) is 5.36. The lowest BCUT2D eigenvalue weighted by Gasteiger charge is -2.22. The van der Waals surface area contributed by atoms with Crippen molar-refractivity contribution in [2.75, 3.05) is 0 Å². The SMILES string of the molecule is Cc1nn(C)c(CC(=O)CC(C)CC(C)(C)C)c1Br. The van der Waals surface area contributed by atoms with Crippen LogP contribution in [0.15, 0.2) is 4.47 Å². The van der Waals surface area contributed by atoms with Crippen LogP contribution >= 0.6 is 15.9 Å². The van der Waals surface area contributed by atoms with Crippen molar-refractivity contribution in [3.05, 3.63) is 15.9 Å². The van der Waals surface area contributed by atoms with Crippen molar-refractivity contribution in [3.63, 3.8) is 0 Å². The highest BCUT2D eigenvalue weighted by Gasteiger charge is 2.20. The predicted molar refractivity (Wildman–Crippen MR) is 82.2 cm³/mol. The standard InChI is InChI=1S/C15H25BrN2O/c1-10(9-15(3,4)5)7-12(19)8-13-14(16)11(2)17-18(13)6/h10H,7-9H2,1-6H3. The molecule has 1 unspecified atom stereocenters. The van der Waals surface area contributed by atoms with Gasteiger partial charge in [-0.1, -0.05) is 27.7 Å². The van der Waals surface area contributed by atoms with Gasteiger partial charge in [-0.05, 0) is 40.6 Å². The van der Waals surface area contributed by atoms with Crippen LogP contribution in [-0.2, 0) is 18.3 Å². The molecular weight excluding hydrogens is 304 g/mol. The number of aromatic nitrogens is 2. The quantitative estimate of drug-likeness (QED) is 0.816. The number of hydrogen-bond acceptors (Lipinski definition) is 2. The van der Waals surface area contributed by atoms with Gasteiger partial charge >= 0.3 is 0 Å². The monoisotopic (exact) mass is 328 g/mol. The van der Waals surface area contributed by atoms with Crippen LogP contribution in [0.2, 0.25) is 0 Å². The molecule has 0 spiro atoms. The van der Waals surface area contributed by atoms with E-state index in [1.54, 1.807) is 4.68 Å². The molecule has 3 nitrogen and oxygen atoms in total. The number of nitrogens with zero attached hydrogens (tertiary/aromatic N) is 2. The zero-order chi connectivity index (χ0) is 14.8. The molecule has 4 heteroatoms. The second kappa shape index (κ2) is 6.21. The van der Waals surface area contributed by atoms with Crippen LogP contribution < -0.4 is 0 Å². The third-order valence-corrected chi connectivity index (χ3v) is 4.19. The van der Waals surface area contributed by atoms with E-state index in [1.165, 1.54) is 0 Å². The Morgan fingerprint density at radius 3 is 2.42 bits per heavy atom. The summed E-state index contributed by atoms with van der Waals surface area (Å²) in [5.41, 5.74) is 2.20. The first-order valence-corrected chi connectivity index (χ1v) is 7.59. The molecule has 0 N–H and O–H groups in total. The fraction of sp³-hybridized carbons (Fsp3) is 0.733. The Morgan fingerprint density at radius 1 is 1.42 bits per heavy atom. The molecule has 1 aromatic heterocycles. The Bertz CT molecular complexity index is 457. The zero-order valence-corrected chi connectivity index (χ0v) is 14.5. The van der Waals surface area contributed by atoms with Crippen LogP contribution in [0.25, 0.3) is 0 Å². The van der Waals surface area contributed by atoms with Gasteiger partial charge in [0, 0.05) is 19.9 Å². The molecule has 1 aromatic rings. The largest absolute Gasteiger partial charge is 0.299 e. The number of rotatable bonds is 5. The lowest BCUT2D eigenvalue weighted by atomic mass is 9.83. The van der Waals surface area contributed by atoms with Gasteiger partial charge in [-0.2, -0.15) is 5.10 Å². The van der Waals surface area contributed by atoms with Gasteiger partial charge in [-0.25, -0.2) is 0 Å². The second-order valence-electron chi connectivity index (χ2n) is 6.76. The van der Waals surface area contributed by atoms with Crippen LogP contribution in [0.3, 0.4) is 0 Å². The Labute approximate surface area is 124 Å². The molecule has 0 aliphatic heterocycles. The average Bonchev–Trinajstić information content (AvgIpc) is 2.42. The first-order valence-electron chi connectivity index (χ1n) is 6.80. The number of carbonyl (C=O) groups excluding carboxylic acids is 1. The third kappa shape index (κ3) is 5.09. The summed E-state index contributed by atoms with van der Waals surface area (Å²) in [6.07, 6.45) is 2.19. The van der Waals surface area contributed by atoms with Crippen molar-refractivity contribution in [3.8, 4) is 0 Å². The molecule has 0 amide bonds. The van der Waals surface area contributed by atoms with Crippen molar-refractivity contribution in [1.29, 1.82) is 0 Å². The van der Waals surface area contributed by atoms with Crippen molar-refractivity contribution in [2.24, 2.45) is 18.4 Å². The molecule has 0 aromatic carbocycles. The average molecular weight is 329 g/mol. The first kappa shape index (κ1) is 16.4. The number of hydrogen-bond donors (Lipinski definition) is 0. The van der Waals surface area contributed by atoms with Gasteiger partial charge in [-0.15, -0.1) is 0 Å². The summed E-state index contributed by atoms with van der Waals surface area (Å²) in [6.45, 7) is 10.8. The highest BCUT2D eigenvalue weighted by molar-refractivity contribution is 9.10. The smallest absolute Gasteiger partial charge is 0.139 e. The van der Waals surface area contributed by atoms with E-state index in [-0.39, 0.29) is 5.41 Å². The summed E-state index contributed by atoms with van der Waals surface area (Å²) in [6, 6.07) is 0. The highest BCUT2D eigenvalue weighted by atomic mass is 79.9. The van der Waals surface area contributed by atoms with Gasteiger partial charge in [0.25, 0.3) is 0 Å². The molecular formula is C15H25BrN2O. The van der Waals surface area contributed by atoms with Crippen LogP contribution in [0.4, 0.5) is 0 Å². The summed E-state index contributed by atoms with van der Waals surface area (Å²) in [5.74, 6) is 0.723. The molecule has 0 aliphatic carbocycles.